The zero-order chi connectivity index (χ0) is 65.4. The number of aliphatic hydroxyl groups excluding tert-OH is 1. The molecule has 19 heteroatoms. The standard InChI is InChI=1S/C69H134O17P2/c1-9-61(7)47-39-31-25-27-33-41-49-66(71)79-55-64(85-68(73)51-43-35-23-19-14-12-11-13-17-21-29-37-45-59(3)4)57-83-87(75,76)81-53-63(70)54-82-88(77,78)84-58-65(56-80-67(72)50-42-34-28-26-32-40-48-62(8)10-2)86-69(74)52-44-36-24-20-16-15-18-22-30-38-46-60(5)6/h59-65,70H,9-58H2,1-8H3,(H,75,76)(H,77,78)/t61?,62?,63-,64+,65+/m0/s1. The Labute approximate surface area is 537 Å². The van der Waals surface area contributed by atoms with Crippen molar-refractivity contribution in [2.75, 3.05) is 39.6 Å². The van der Waals surface area contributed by atoms with Gasteiger partial charge in [0.1, 0.15) is 19.3 Å². The highest BCUT2D eigenvalue weighted by Crippen LogP contribution is 2.45. The Morgan fingerprint density at radius 1 is 0.318 bits per heavy atom. The molecule has 17 nitrogen and oxygen atoms in total. The van der Waals surface area contributed by atoms with E-state index in [2.05, 4.69) is 55.4 Å². The maximum atomic E-state index is 13.0. The Balaban J connectivity index is 5.26. The van der Waals surface area contributed by atoms with Gasteiger partial charge in [0, 0.05) is 25.7 Å². The minimum absolute atomic E-state index is 0.104. The van der Waals surface area contributed by atoms with Crippen molar-refractivity contribution in [1.82, 2.24) is 0 Å². The van der Waals surface area contributed by atoms with Gasteiger partial charge in [-0.1, -0.05) is 287 Å². The molecule has 0 heterocycles. The van der Waals surface area contributed by atoms with Crippen LogP contribution >= 0.6 is 15.6 Å². The maximum absolute atomic E-state index is 13.0. The molecule has 4 unspecified atom stereocenters. The number of hydrogen-bond donors (Lipinski definition) is 3. The molecule has 0 fully saturated rings. The Morgan fingerprint density at radius 3 is 0.807 bits per heavy atom. The average Bonchev–Trinajstić information content (AvgIpc) is 3.70. The van der Waals surface area contributed by atoms with E-state index < -0.39 is 97.5 Å². The number of esters is 4. The van der Waals surface area contributed by atoms with E-state index in [1.54, 1.807) is 0 Å². The molecule has 0 spiro atoms. The van der Waals surface area contributed by atoms with Crippen molar-refractivity contribution >= 4 is 39.5 Å². The monoisotopic (exact) mass is 1300 g/mol. The van der Waals surface area contributed by atoms with Crippen LogP contribution in [0.15, 0.2) is 0 Å². The minimum Gasteiger partial charge on any atom is -0.462 e. The second kappa shape index (κ2) is 58.8. The van der Waals surface area contributed by atoms with Gasteiger partial charge in [-0.3, -0.25) is 37.3 Å². The fraction of sp³-hybridized carbons (Fsp3) is 0.942. The molecule has 0 aliphatic carbocycles. The molecule has 0 bridgehead atoms. The number of phosphoric ester groups is 2. The predicted molar refractivity (Wildman–Crippen MR) is 354 cm³/mol. The highest BCUT2D eigenvalue weighted by atomic mass is 31.2. The number of aliphatic hydroxyl groups is 1. The van der Waals surface area contributed by atoms with Crippen molar-refractivity contribution in [3.05, 3.63) is 0 Å². The molecule has 0 aliphatic rings. The van der Waals surface area contributed by atoms with Gasteiger partial charge in [-0.25, -0.2) is 9.13 Å². The normalized spacial score (nSPS) is 14.9. The van der Waals surface area contributed by atoms with Crippen LogP contribution in [0.3, 0.4) is 0 Å². The maximum Gasteiger partial charge on any atom is 0.472 e. The van der Waals surface area contributed by atoms with Crippen molar-refractivity contribution in [2.45, 2.75) is 356 Å². The number of carbonyl (C=O) groups excluding carboxylic acids is 4. The Morgan fingerprint density at radius 2 is 0.545 bits per heavy atom. The van der Waals surface area contributed by atoms with Crippen molar-refractivity contribution in [3.63, 3.8) is 0 Å². The fourth-order valence-electron chi connectivity index (χ4n) is 10.2. The molecule has 522 valence electrons. The second-order valence-corrected chi connectivity index (χ2v) is 29.3. The summed E-state index contributed by atoms with van der Waals surface area (Å²) < 4.78 is 68.2. The molecule has 0 aromatic heterocycles. The van der Waals surface area contributed by atoms with Gasteiger partial charge in [-0.2, -0.15) is 0 Å². The van der Waals surface area contributed by atoms with Gasteiger partial charge in [0.2, 0.25) is 0 Å². The first-order valence-electron chi connectivity index (χ1n) is 35.8. The molecule has 7 atom stereocenters. The highest BCUT2D eigenvalue weighted by molar-refractivity contribution is 7.47. The van der Waals surface area contributed by atoms with Gasteiger partial charge < -0.3 is 33.8 Å². The molecule has 3 N–H and O–H groups in total. The van der Waals surface area contributed by atoms with E-state index in [1.165, 1.54) is 128 Å². The summed E-state index contributed by atoms with van der Waals surface area (Å²) in [5.41, 5.74) is 0. The summed E-state index contributed by atoms with van der Waals surface area (Å²) in [5.74, 6) is 0.858. The average molecular weight is 1300 g/mol. The van der Waals surface area contributed by atoms with Crippen LogP contribution in [0.4, 0.5) is 0 Å². The fourth-order valence-corrected chi connectivity index (χ4v) is 11.8. The van der Waals surface area contributed by atoms with Crippen LogP contribution in [-0.4, -0.2) is 96.7 Å². The van der Waals surface area contributed by atoms with Crippen LogP contribution in [0, 0.1) is 23.7 Å². The first kappa shape index (κ1) is 86.1. The summed E-state index contributed by atoms with van der Waals surface area (Å²) in [5, 5.41) is 10.6. The summed E-state index contributed by atoms with van der Waals surface area (Å²) >= 11 is 0. The van der Waals surface area contributed by atoms with Crippen LogP contribution in [0.5, 0.6) is 0 Å². The van der Waals surface area contributed by atoms with Gasteiger partial charge >= 0.3 is 39.5 Å². The van der Waals surface area contributed by atoms with E-state index in [9.17, 15) is 43.2 Å². The molecule has 0 aromatic carbocycles. The first-order valence-corrected chi connectivity index (χ1v) is 38.8. The van der Waals surface area contributed by atoms with Crippen molar-refractivity contribution in [3.8, 4) is 0 Å². The van der Waals surface area contributed by atoms with Crippen LogP contribution in [-0.2, 0) is 65.4 Å². The van der Waals surface area contributed by atoms with E-state index in [1.807, 2.05) is 0 Å². The summed E-state index contributed by atoms with van der Waals surface area (Å²) in [7, 11) is -9.90. The third-order valence-corrected chi connectivity index (χ3v) is 18.4. The van der Waals surface area contributed by atoms with Crippen LogP contribution in [0.1, 0.15) is 338 Å². The van der Waals surface area contributed by atoms with Crippen molar-refractivity contribution in [1.29, 1.82) is 0 Å². The SMILES string of the molecule is CCC(C)CCCCCCCCC(=O)OC[C@H](COP(=O)(O)OC[C@H](O)COP(=O)(O)OC[C@@H](COC(=O)CCCCCCCCC(C)CC)OC(=O)CCCCCCCCCCCCC(C)C)OC(=O)CCCCCCCCCCCCCCC(C)C. The van der Waals surface area contributed by atoms with Crippen LogP contribution in [0.2, 0.25) is 0 Å². The lowest BCUT2D eigenvalue weighted by Gasteiger charge is -2.21. The van der Waals surface area contributed by atoms with Gasteiger partial charge in [-0.05, 0) is 49.4 Å². The highest BCUT2D eigenvalue weighted by Gasteiger charge is 2.30. The molecule has 0 saturated heterocycles. The van der Waals surface area contributed by atoms with Gasteiger partial charge in [0.15, 0.2) is 12.2 Å². The summed E-state index contributed by atoms with van der Waals surface area (Å²) in [6.07, 6.45) is 40.3. The Hall–Kier alpha value is -1.94. The number of phosphoric acid groups is 2. The number of rotatable bonds is 66. The number of unbranched alkanes of at least 4 members (excludes halogenated alkanes) is 30. The van der Waals surface area contributed by atoms with E-state index in [0.29, 0.717) is 25.7 Å². The molecule has 0 aromatic rings. The Bertz CT molecular complexity index is 1750. The summed E-state index contributed by atoms with van der Waals surface area (Å²) in [4.78, 5) is 72.5. The summed E-state index contributed by atoms with van der Waals surface area (Å²) in [6.45, 7) is 14.1. The van der Waals surface area contributed by atoms with E-state index in [0.717, 1.165) is 126 Å². The molecule has 88 heavy (non-hydrogen) atoms. The number of hydrogen-bond acceptors (Lipinski definition) is 15. The number of carbonyl (C=O) groups is 4. The molecule has 0 saturated carbocycles. The lowest BCUT2D eigenvalue weighted by Crippen LogP contribution is -2.30. The van der Waals surface area contributed by atoms with Crippen molar-refractivity contribution < 1.29 is 80.2 Å². The lowest BCUT2D eigenvalue weighted by molar-refractivity contribution is -0.161. The second-order valence-electron chi connectivity index (χ2n) is 26.4. The van der Waals surface area contributed by atoms with Gasteiger partial charge in [0.05, 0.1) is 26.4 Å². The summed E-state index contributed by atoms with van der Waals surface area (Å²) in [6, 6.07) is 0. The smallest absolute Gasteiger partial charge is 0.462 e. The third kappa shape index (κ3) is 60.3. The largest absolute Gasteiger partial charge is 0.472 e. The van der Waals surface area contributed by atoms with Crippen molar-refractivity contribution in [2.24, 2.45) is 23.7 Å². The number of ether oxygens (including phenoxy) is 4. The van der Waals surface area contributed by atoms with Gasteiger partial charge in [0.25, 0.3) is 0 Å². The third-order valence-electron chi connectivity index (χ3n) is 16.5. The first-order chi connectivity index (χ1) is 42.2. The quantitative estimate of drug-likeness (QED) is 0.0222. The molecule has 0 rings (SSSR count). The van der Waals surface area contributed by atoms with E-state index in [4.69, 9.17) is 37.0 Å². The predicted octanol–water partition coefficient (Wildman–Crippen LogP) is 19.3. The lowest BCUT2D eigenvalue weighted by atomic mass is 10.00. The Kier molecular flexibility index (Phi) is 57.6. The van der Waals surface area contributed by atoms with Crippen LogP contribution < -0.4 is 0 Å². The van der Waals surface area contributed by atoms with Crippen LogP contribution in [0.25, 0.3) is 0 Å². The van der Waals surface area contributed by atoms with Gasteiger partial charge in [-0.15, -0.1) is 0 Å². The zero-order valence-electron chi connectivity index (χ0n) is 57.3. The molecule has 0 aliphatic heterocycles. The molecule has 0 radical (unpaired) electrons. The molecular formula is C69H134O17P2. The minimum atomic E-state index is -4.95. The van der Waals surface area contributed by atoms with E-state index >= 15 is 0 Å². The molecular weight excluding hydrogens is 1160 g/mol. The topological polar surface area (TPSA) is 237 Å². The molecule has 0 amide bonds. The van der Waals surface area contributed by atoms with E-state index in [-0.39, 0.29) is 25.7 Å². The zero-order valence-corrected chi connectivity index (χ0v) is 59.1.